The first-order chi connectivity index (χ1) is 16.1. The molecule has 3 unspecified atom stereocenters. The molecule has 1 aromatic carbocycles. The SMILES string of the molecule is CCC1CN2CCc3c([nH]c4cccc(OC)c34)C2CC1/C(C=O)=C\O.CNC1CCCC1. The number of carbonyl (C=O) groups excluding carboxylic acids is 1. The van der Waals surface area contributed by atoms with E-state index in [9.17, 15) is 9.90 Å². The van der Waals surface area contributed by atoms with E-state index in [0.717, 1.165) is 62.2 Å². The number of allylic oxidation sites excluding steroid dienone is 1. The minimum Gasteiger partial charge on any atom is -0.515 e. The third-order valence-electron chi connectivity index (χ3n) is 8.08. The van der Waals surface area contributed by atoms with Crippen LogP contribution in [0.25, 0.3) is 10.9 Å². The van der Waals surface area contributed by atoms with E-state index in [2.05, 4.69) is 35.2 Å². The molecule has 2 fully saturated rings. The number of H-pyrrole nitrogens is 1. The van der Waals surface area contributed by atoms with E-state index in [1.165, 1.54) is 42.3 Å². The number of nitrogens with zero attached hydrogens (tertiary/aromatic N) is 1. The van der Waals surface area contributed by atoms with Crippen molar-refractivity contribution in [3.8, 4) is 5.75 Å². The van der Waals surface area contributed by atoms with Gasteiger partial charge in [0.05, 0.1) is 19.4 Å². The van der Waals surface area contributed by atoms with Crippen LogP contribution in [0.3, 0.4) is 0 Å². The first-order valence-electron chi connectivity index (χ1n) is 12.5. The van der Waals surface area contributed by atoms with E-state index < -0.39 is 0 Å². The van der Waals surface area contributed by atoms with Gasteiger partial charge >= 0.3 is 0 Å². The molecule has 2 aliphatic heterocycles. The zero-order chi connectivity index (χ0) is 23.4. The Morgan fingerprint density at radius 3 is 2.73 bits per heavy atom. The molecule has 2 aromatic rings. The second-order valence-corrected chi connectivity index (χ2v) is 9.69. The van der Waals surface area contributed by atoms with Crippen LogP contribution in [-0.2, 0) is 11.2 Å². The minimum atomic E-state index is 0.100. The number of aldehydes is 1. The highest BCUT2D eigenvalue weighted by molar-refractivity contribution is 5.91. The quantitative estimate of drug-likeness (QED) is 0.341. The van der Waals surface area contributed by atoms with Gasteiger partial charge in [0.25, 0.3) is 0 Å². The van der Waals surface area contributed by atoms with Crippen molar-refractivity contribution in [3.05, 3.63) is 41.3 Å². The number of ether oxygens (including phenoxy) is 1. The summed E-state index contributed by atoms with van der Waals surface area (Å²) in [5.41, 5.74) is 4.22. The lowest BCUT2D eigenvalue weighted by Crippen LogP contribution is -2.46. The number of nitrogens with one attached hydrogen (secondary N) is 2. The van der Waals surface area contributed by atoms with Gasteiger partial charge in [0.15, 0.2) is 0 Å². The fourth-order valence-electron chi connectivity index (χ4n) is 6.21. The number of methoxy groups -OCH3 is 1. The van der Waals surface area contributed by atoms with Crippen LogP contribution in [0.4, 0.5) is 0 Å². The van der Waals surface area contributed by atoms with Crippen LogP contribution in [0.5, 0.6) is 5.75 Å². The number of aliphatic hydroxyl groups is 1. The number of aromatic nitrogens is 1. The van der Waals surface area contributed by atoms with Crippen molar-refractivity contribution in [2.24, 2.45) is 11.8 Å². The molecular weight excluding hydrogens is 414 g/mol. The Bertz CT molecular complexity index is 976. The molecule has 0 radical (unpaired) electrons. The van der Waals surface area contributed by atoms with Crippen LogP contribution < -0.4 is 10.1 Å². The van der Waals surface area contributed by atoms with E-state index in [0.29, 0.717) is 11.5 Å². The molecule has 0 amide bonds. The van der Waals surface area contributed by atoms with Crippen LogP contribution in [0.2, 0.25) is 0 Å². The highest BCUT2D eigenvalue weighted by atomic mass is 16.5. The van der Waals surface area contributed by atoms with Gasteiger partial charge in [0.1, 0.15) is 12.0 Å². The van der Waals surface area contributed by atoms with Crippen molar-refractivity contribution in [1.82, 2.24) is 15.2 Å². The molecular formula is C27H39N3O3. The lowest BCUT2D eigenvalue weighted by atomic mass is 9.74. The third-order valence-corrected chi connectivity index (χ3v) is 8.08. The fourth-order valence-corrected chi connectivity index (χ4v) is 6.21. The molecule has 3 heterocycles. The number of rotatable bonds is 5. The van der Waals surface area contributed by atoms with Gasteiger partial charge in [0, 0.05) is 41.3 Å². The van der Waals surface area contributed by atoms with E-state index >= 15 is 0 Å². The van der Waals surface area contributed by atoms with Gasteiger partial charge < -0.3 is 20.1 Å². The van der Waals surface area contributed by atoms with Crippen molar-refractivity contribution in [2.45, 2.75) is 64.0 Å². The first-order valence-corrected chi connectivity index (χ1v) is 12.5. The summed E-state index contributed by atoms with van der Waals surface area (Å²) in [4.78, 5) is 17.6. The Balaban J connectivity index is 0.000000318. The van der Waals surface area contributed by atoms with Crippen molar-refractivity contribution in [1.29, 1.82) is 0 Å². The summed E-state index contributed by atoms with van der Waals surface area (Å²) >= 11 is 0. The molecule has 6 heteroatoms. The standard InChI is InChI=1S/C21H26N2O3.C6H13N/c1-3-13-10-23-8-7-15-20-17(5-4-6-19(20)26-2)22-21(15)18(23)9-16(13)14(11-24)12-25;1-7-6-4-2-3-5-6/h4-6,11-13,16,18,22,24H,3,7-10H2,1-2H3;6-7H,2-5H2,1H3/b14-11-;. The third kappa shape index (κ3) is 4.69. The summed E-state index contributed by atoms with van der Waals surface area (Å²) in [7, 11) is 3.77. The zero-order valence-electron chi connectivity index (χ0n) is 20.3. The molecule has 3 N–H and O–H groups in total. The van der Waals surface area contributed by atoms with Crippen LogP contribution in [-0.4, -0.2) is 54.6 Å². The molecule has 0 bridgehead atoms. The van der Waals surface area contributed by atoms with Crippen molar-refractivity contribution < 1.29 is 14.6 Å². The smallest absolute Gasteiger partial charge is 0.149 e. The van der Waals surface area contributed by atoms with Crippen molar-refractivity contribution in [3.63, 3.8) is 0 Å². The summed E-state index contributed by atoms with van der Waals surface area (Å²) in [5.74, 6) is 1.41. The predicted octanol–water partition coefficient (Wildman–Crippen LogP) is 4.91. The normalized spacial score (nSPS) is 25.8. The van der Waals surface area contributed by atoms with E-state index in [-0.39, 0.29) is 12.0 Å². The summed E-state index contributed by atoms with van der Waals surface area (Å²) in [5, 5.41) is 14.0. The highest BCUT2D eigenvalue weighted by Gasteiger charge is 2.41. The number of aromatic amines is 1. The van der Waals surface area contributed by atoms with Crippen molar-refractivity contribution >= 4 is 17.2 Å². The number of carbonyl (C=O) groups is 1. The maximum Gasteiger partial charge on any atom is 0.149 e. The second kappa shape index (κ2) is 10.7. The number of hydrogen-bond donors (Lipinski definition) is 3. The van der Waals surface area contributed by atoms with E-state index in [1.807, 2.05) is 12.1 Å². The Morgan fingerprint density at radius 2 is 2.12 bits per heavy atom. The van der Waals surface area contributed by atoms with E-state index in [4.69, 9.17) is 4.74 Å². The number of aliphatic hydroxyl groups excluding tert-OH is 1. The van der Waals surface area contributed by atoms with Crippen molar-refractivity contribution in [2.75, 3.05) is 27.2 Å². The number of benzene rings is 1. The summed E-state index contributed by atoms with van der Waals surface area (Å²) < 4.78 is 5.59. The summed E-state index contributed by atoms with van der Waals surface area (Å²) in [6, 6.07) is 7.22. The molecule has 1 saturated carbocycles. The maximum absolute atomic E-state index is 11.5. The Labute approximate surface area is 197 Å². The van der Waals surface area contributed by atoms with Gasteiger partial charge in [-0.2, -0.15) is 0 Å². The lowest BCUT2D eigenvalue weighted by Gasteiger charge is -2.46. The summed E-state index contributed by atoms with van der Waals surface area (Å²) in [6.45, 7) is 4.15. The Hall–Kier alpha value is -2.31. The average molecular weight is 454 g/mol. The molecule has 3 aliphatic rings. The molecule has 33 heavy (non-hydrogen) atoms. The summed E-state index contributed by atoms with van der Waals surface area (Å²) in [6.07, 6.45) is 10.4. The minimum absolute atomic E-state index is 0.100. The first kappa shape index (κ1) is 23.8. The van der Waals surface area contributed by atoms with Crippen LogP contribution >= 0.6 is 0 Å². The van der Waals surface area contributed by atoms with Crippen LogP contribution in [0.15, 0.2) is 30.0 Å². The molecule has 1 aromatic heterocycles. The molecule has 1 aliphatic carbocycles. The van der Waals surface area contributed by atoms with Crippen LogP contribution in [0.1, 0.15) is 62.7 Å². The maximum atomic E-state index is 11.5. The average Bonchev–Trinajstić information content (AvgIpc) is 3.52. The fraction of sp³-hybridized carbons (Fsp3) is 0.593. The lowest BCUT2D eigenvalue weighted by molar-refractivity contribution is -0.106. The predicted molar refractivity (Wildman–Crippen MR) is 133 cm³/mol. The molecule has 0 spiro atoms. The second-order valence-electron chi connectivity index (χ2n) is 9.69. The largest absolute Gasteiger partial charge is 0.515 e. The monoisotopic (exact) mass is 453 g/mol. The molecule has 3 atom stereocenters. The van der Waals surface area contributed by atoms with Gasteiger partial charge in [-0.3, -0.25) is 9.69 Å². The van der Waals surface area contributed by atoms with Gasteiger partial charge in [-0.25, -0.2) is 0 Å². The number of piperidine rings is 1. The number of fused-ring (bicyclic) bond motifs is 5. The topological polar surface area (TPSA) is 77.6 Å². The van der Waals surface area contributed by atoms with Gasteiger partial charge in [-0.15, -0.1) is 0 Å². The molecule has 180 valence electrons. The molecule has 6 nitrogen and oxygen atoms in total. The van der Waals surface area contributed by atoms with E-state index in [1.54, 1.807) is 7.11 Å². The Kier molecular flexibility index (Phi) is 7.76. The van der Waals surface area contributed by atoms with Crippen LogP contribution in [0, 0.1) is 11.8 Å². The van der Waals surface area contributed by atoms with Gasteiger partial charge in [-0.05, 0) is 62.3 Å². The zero-order valence-corrected chi connectivity index (χ0v) is 20.3. The number of hydrogen-bond acceptors (Lipinski definition) is 5. The Morgan fingerprint density at radius 1 is 1.33 bits per heavy atom. The highest BCUT2D eigenvalue weighted by Crippen LogP contribution is 2.46. The van der Waals surface area contributed by atoms with Gasteiger partial charge in [-0.1, -0.05) is 32.3 Å². The molecule has 5 rings (SSSR count). The van der Waals surface area contributed by atoms with Gasteiger partial charge in [0.2, 0.25) is 0 Å². The molecule has 1 saturated heterocycles.